The zero-order chi connectivity index (χ0) is 9.19. The van der Waals surface area contributed by atoms with E-state index in [9.17, 15) is 4.79 Å². The number of likely N-dealkylation sites (N-methyl/N-ethyl adjacent to an activating group) is 1. The summed E-state index contributed by atoms with van der Waals surface area (Å²) in [5.74, 6) is 0.238. The molecule has 0 aromatic carbocycles. The summed E-state index contributed by atoms with van der Waals surface area (Å²) in [6.07, 6.45) is 0.738. The zero-order valence-electron chi connectivity index (χ0n) is 7.46. The Morgan fingerprint density at radius 1 is 1.83 bits per heavy atom. The number of carboxylic acids is 1. The summed E-state index contributed by atoms with van der Waals surface area (Å²) in [5, 5.41) is 12.4. The monoisotopic (exact) mass is 189 g/mol. The first-order valence-corrected chi connectivity index (χ1v) is 5.28. The van der Waals surface area contributed by atoms with Gasteiger partial charge >= 0.3 is 5.97 Å². The smallest absolute Gasteiger partial charge is 0.325 e. The van der Waals surface area contributed by atoms with E-state index in [4.69, 9.17) is 5.11 Å². The molecule has 1 fully saturated rings. The fourth-order valence-electron chi connectivity index (χ4n) is 1.65. The second-order valence-corrected chi connectivity index (χ2v) is 4.52. The minimum Gasteiger partial charge on any atom is -0.480 e. The average Bonchev–Trinajstić information content (AvgIpc) is 2.34. The Labute approximate surface area is 76.9 Å². The third kappa shape index (κ3) is 1.45. The van der Waals surface area contributed by atoms with Crippen LogP contribution in [0, 0.1) is 0 Å². The van der Waals surface area contributed by atoms with Crippen LogP contribution in [0.15, 0.2) is 0 Å². The van der Waals surface area contributed by atoms with Gasteiger partial charge < -0.3 is 10.4 Å². The number of carbonyl (C=O) groups is 1. The summed E-state index contributed by atoms with van der Waals surface area (Å²) < 4.78 is 0. The van der Waals surface area contributed by atoms with Crippen molar-refractivity contribution < 1.29 is 9.90 Å². The minimum absolute atomic E-state index is 0.176. The SMILES string of the molecule is CCNC1(C(=O)O)CCSC1C. The first-order valence-electron chi connectivity index (χ1n) is 4.23. The van der Waals surface area contributed by atoms with E-state index in [1.54, 1.807) is 11.8 Å². The van der Waals surface area contributed by atoms with Gasteiger partial charge in [0, 0.05) is 5.25 Å². The number of nitrogens with one attached hydrogen (secondary N) is 1. The van der Waals surface area contributed by atoms with Crippen molar-refractivity contribution in [3.63, 3.8) is 0 Å². The highest BCUT2D eigenvalue weighted by Crippen LogP contribution is 2.35. The molecule has 0 spiro atoms. The summed E-state index contributed by atoms with van der Waals surface area (Å²) in [5.41, 5.74) is -0.667. The maximum Gasteiger partial charge on any atom is 0.325 e. The van der Waals surface area contributed by atoms with Crippen molar-refractivity contribution in [1.29, 1.82) is 0 Å². The highest BCUT2D eigenvalue weighted by atomic mass is 32.2. The molecule has 70 valence electrons. The van der Waals surface area contributed by atoms with Crippen molar-refractivity contribution in [1.82, 2.24) is 5.32 Å². The molecule has 0 radical (unpaired) electrons. The van der Waals surface area contributed by atoms with Gasteiger partial charge in [-0.05, 0) is 18.7 Å². The van der Waals surface area contributed by atoms with Crippen LogP contribution in [0.5, 0.6) is 0 Å². The van der Waals surface area contributed by atoms with Crippen LogP contribution in [0.1, 0.15) is 20.3 Å². The van der Waals surface area contributed by atoms with Gasteiger partial charge in [-0.25, -0.2) is 0 Å². The van der Waals surface area contributed by atoms with Gasteiger partial charge in [0.15, 0.2) is 0 Å². The molecule has 1 saturated heterocycles. The summed E-state index contributed by atoms with van der Waals surface area (Å²) in [6, 6.07) is 0. The lowest BCUT2D eigenvalue weighted by molar-refractivity contribution is -0.144. The van der Waals surface area contributed by atoms with E-state index in [0.29, 0.717) is 0 Å². The van der Waals surface area contributed by atoms with E-state index in [1.165, 1.54) is 0 Å². The molecule has 0 aromatic heterocycles. The molecule has 2 atom stereocenters. The first kappa shape index (κ1) is 9.86. The topological polar surface area (TPSA) is 49.3 Å². The fraction of sp³-hybridized carbons (Fsp3) is 0.875. The van der Waals surface area contributed by atoms with Crippen LogP contribution in [-0.2, 0) is 4.79 Å². The van der Waals surface area contributed by atoms with Crippen LogP contribution < -0.4 is 5.32 Å². The molecule has 12 heavy (non-hydrogen) atoms. The van der Waals surface area contributed by atoms with Crippen LogP contribution in [0.25, 0.3) is 0 Å². The van der Waals surface area contributed by atoms with E-state index in [2.05, 4.69) is 5.32 Å². The molecule has 1 heterocycles. The quantitative estimate of drug-likeness (QED) is 0.694. The van der Waals surface area contributed by atoms with E-state index < -0.39 is 11.5 Å². The lowest BCUT2D eigenvalue weighted by Gasteiger charge is -2.28. The van der Waals surface area contributed by atoms with Gasteiger partial charge in [-0.1, -0.05) is 13.8 Å². The first-order chi connectivity index (χ1) is 5.63. The van der Waals surface area contributed by atoms with Crippen molar-refractivity contribution in [2.45, 2.75) is 31.1 Å². The lowest BCUT2D eigenvalue weighted by atomic mass is 9.93. The van der Waals surface area contributed by atoms with Crippen molar-refractivity contribution in [3.8, 4) is 0 Å². The second-order valence-electron chi connectivity index (χ2n) is 3.07. The largest absolute Gasteiger partial charge is 0.480 e. The van der Waals surface area contributed by atoms with E-state index >= 15 is 0 Å². The van der Waals surface area contributed by atoms with Crippen molar-refractivity contribution in [2.24, 2.45) is 0 Å². The van der Waals surface area contributed by atoms with E-state index in [1.807, 2.05) is 13.8 Å². The molecule has 0 amide bonds. The maximum absolute atomic E-state index is 11.0. The summed E-state index contributed by atoms with van der Waals surface area (Å²) in [7, 11) is 0. The van der Waals surface area contributed by atoms with E-state index in [0.717, 1.165) is 18.7 Å². The number of hydrogen-bond donors (Lipinski definition) is 2. The summed E-state index contributed by atoms with van der Waals surface area (Å²) in [6.45, 7) is 4.64. The molecule has 0 aliphatic carbocycles. The second kappa shape index (κ2) is 3.66. The molecule has 4 heteroatoms. The van der Waals surface area contributed by atoms with Crippen LogP contribution in [0.4, 0.5) is 0 Å². The lowest BCUT2D eigenvalue weighted by Crippen LogP contribution is -2.55. The number of rotatable bonds is 3. The average molecular weight is 189 g/mol. The van der Waals surface area contributed by atoms with Gasteiger partial charge in [-0.2, -0.15) is 11.8 Å². The van der Waals surface area contributed by atoms with Crippen molar-refractivity contribution in [3.05, 3.63) is 0 Å². The highest BCUT2D eigenvalue weighted by molar-refractivity contribution is 8.00. The van der Waals surface area contributed by atoms with Crippen LogP contribution in [0.2, 0.25) is 0 Å². The Balaban J connectivity index is 2.77. The van der Waals surface area contributed by atoms with Gasteiger partial charge in [-0.15, -0.1) is 0 Å². The fourth-order valence-corrected chi connectivity index (χ4v) is 3.03. The van der Waals surface area contributed by atoms with Crippen LogP contribution >= 0.6 is 11.8 Å². The highest BCUT2D eigenvalue weighted by Gasteiger charge is 2.46. The molecule has 3 nitrogen and oxygen atoms in total. The Morgan fingerprint density at radius 3 is 2.83 bits per heavy atom. The van der Waals surface area contributed by atoms with Gasteiger partial charge in [0.05, 0.1) is 0 Å². The standard InChI is InChI=1S/C8H15NO2S/c1-3-9-8(7(10)11)4-5-12-6(8)2/h6,9H,3-5H2,1-2H3,(H,10,11). The normalized spacial score (nSPS) is 35.3. The Hall–Kier alpha value is -0.220. The number of carboxylic acid groups (broad SMARTS) is 1. The molecule has 1 aliphatic rings. The van der Waals surface area contributed by atoms with Crippen LogP contribution in [-0.4, -0.2) is 34.2 Å². The number of hydrogen-bond acceptors (Lipinski definition) is 3. The van der Waals surface area contributed by atoms with E-state index in [-0.39, 0.29) is 5.25 Å². The molecule has 0 saturated carbocycles. The molecule has 2 N–H and O–H groups in total. The van der Waals surface area contributed by atoms with Gasteiger partial charge in [-0.3, -0.25) is 4.79 Å². The van der Waals surface area contributed by atoms with Crippen LogP contribution in [0.3, 0.4) is 0 Å². The van der Waals surface area contributed by atoms with Gasteiger partial charge in [0.25, 0.3) is 0 Å². The molecular weight excluding hydrogens is 174 g/mol. The Bertz CT molecular complexity index is 186. The minimum atomic E-state index is -0.707. The number of aliphatic carboxylic acids is 1. The summed E-state index contributed by atoms with van der Waals surface area (Å²) in [4.78, 5) is 11.0. The Morgan fingerprint density at radius 2 is 2.50 bits per heavy atom. The number of thioether (sulfide) groups is 1. The summed E-state index contributed by atoms with van der Waals surface area (Å²) >= 11 is 1.73. The predicted molar refractivity (Wildman–Crippen MR) is 50.6 cm³/mol. The third-order valence-electron chi connectivity index (χ3n) is 2.43. The van der Waals surface area contributed by atoms with Crippen molar-refractivity contribution in [2.75, 3.05) is 12.3 Å². The van der Waals surface area contributed by atoms with Gasteiger partial charge in [0.2, 0.25) is 0 Å². The van der Waals surface area contributed by atoms with Crippen molar-refractivity contribution >= 4 is 17.7 Å². The van der Waals surface area contributed by atoms with Gasteiger partial charge in [0.1, 0.15) is 5.54 Å². The third-order valence-corrected chi connectivity index (χ3v) is 3.77. The zero-order valence-corrected chi connectivity index (χ0v) is 8.28. The molecule has 1 aliphatic heterocycles. The molecule has 0 bridgehead atoms. The molecular formula is C8H15NO2S. The molecule has 0 aromatic rings. The molecule has 2 unspecified atom stereocenters. The predicted octanol–water partition coefficient (Wildman–Crippen LogP) is 0.945. The molecule has 1 rings (SSSR count). The maximum atomic E-state index is 11.0. The Kier molecular flexibility index (Phi) is 3.01.